The number of hydrogen-bond donors (Lipinski definition) is 1. The van der Waals surface area contributed by atoms with Crippen molar-refractivity contribution in [2.75, 3.05) is 6.61 Å². The van der Waals surface area contributed by atoms with Gasteiger partial charge in [-0.1, -0.05) is 22.9 Å². The van der Waals surface area contributed by atoms with Crippen molar-refractivity contribution < 1.29 is 5.11 Å². The van der Waals surface area contributed by atoms with Gasteiger partial charge < -0.3 is 5.11 Å². The van der Waals surface area contributed by atoms with Gasteiger partial charge in [0, 0.05) is 0 Å². The van der Waals surface area contributed by atoms with E-state index in [1.165, 1.54) is 0 Å². The molecule has 0 radical (unpaired) electrons. The highest BCUT2D eigenvalue weighted by Crippen LogP contribution is 2.06. The molecular formula is C5H9BrO. The first-order valence-corrected chi connectivity index (χ1v) is 3.06. The number of rotatable bonds is 2. The highest BCUT2D eigenvalue weighted by Gasteiger charge is 1.79. The van der Waals surface area contributed by atoms with Crippen molar-refractivity contribution in [2.24, 2.45) is 0 Å². The van der Waals surface area contributed by atoms with Gasteiger partial charge in [-0.25, -0.2) is 0 Å². The van der Waals surface area contributed by atoms with Gasteiger partial charge in [-0.15, -0.1) is 0 Å². The van der Waals surface area contributed by atoms with Gasteiger partial charge >= 0.3 is 0 Å². The Kier molecular flexibility index (Phi) is 4.45. The summed E-state index contributed by atoms with van der Waals surface area (Å²) in [5, 5.41) is 8.26. The lowest BCUT2D eigenvalue weighted by molar-refractivity contribution is 0.342. The van der Waals surface area contributed by atoms with Crippen molar-refractivity contribution in [3.8, 4) is 0 Å². The van der Waals surface area contributed by atoms with E-state index in [1.807, 2.05) is 6.92 Å². The SMILES string of the molecule is CC/C(Br)=C/CO. The molecule has 1 nitrogen and oxygen atoms in total. The van der Waals surface area contributed by atoms with Crippen molar-refractivity contribution in [1.82, 2.24) is 0 Å². The van der Waals surface area contributed by atoms with E-state index >= 15 is 0 Å². The summed E-state index contributed by atoms with van der Waals surface area (Å²) in [5.41, 5.74) is 0. The predicted molar refractivity (Wildman–Crippen MR) is 34.4 cm³/mol. The lowest BCUT2D eigenvalue weighted by Gasteiger charge is -1.85. The van der Waals surface area contributed by atoms with E-state index < -0.39 is 0 Å². The third kappa shape index (κ3) is 4.02. The molecule has 0 aliphatic carbocycles. The second-order valence-electron chi connectivity index (χ2n) is 1.19. The molecule has 7 heavy (non-hydrogen) atoms. The Hall–Kier alpha value is 0.180. The fourth-order valence-electron chi connectivity index (χ4n) is 0.243. The van der Waals surface area contributed by atoms with Crippen LogP contribution in [0.15, 0.2) is 10.6 Å². The van der Waals surface area contributed by atoms with E-state index in [0.717, 1.165) is 10.9 Å². The van der Waals surface area contributed by atoms with Gasteiger partial charge in [0.25, 0.3) is 0 Å². The second-order valence-corrected chi connectivity index (χ2v) is 2.21. The molecule has 42 valence electrons. The molecular weight excluding hydrogens is 156 g/mol. The number of aliphatic hydroxyl groups excluding tert-OH is 1. The Morgan fingerprint density at radius 1 is 1.86 bits per heavy atom. The van der Waals surface area contributed by atoms with Crippen LogP contribution in [0.2, 0.25) is 0 Å². The standard InChI is InChI=1S/C5H9BrO/c1-2-5(6)3-4-7/h3,7H,2,4H2,1H3/b5-3-. The zero-order valence-electron chi connectivity index (χ0n) is 4.32. The molecule has 0 aliphatic rings. The summed E-state index contributed by atoms with van der Waals surface area (Å²) in [7, 11) is 0. The maximum atomic E-state index is 8.26. The van der Waals surface area contributed by atoms with Crippen molar-refractivity contribution in [1.29, 1.82) is 0 Å². The Morgan fingerprint density at radius 3 is 2.57 bits per heavy atom. The van der Waals surface area contributed by atoms with Crippen molar-refractivity contribution in [3.05, 3.63) is 10.6 Å². The van der Waals surface area contributed by atoms with Crippen LogP contribution in [0, 0.1) is 0 Å². The summed E-state index contributed by atoms with van der Waals surface area (Å²) >= 11 is 3.24. The van der Waals surface area contributed by atoms with Crippen LogP contribution in [0.3, 0.4) is 0 Å². The van der Waals surface area contributed by atoms with E-state index in [1.54, 1.807) is 6.08 Å². The Balaban J connectivity index is 3.29. The smallest absolute Gasteiger partial charge is 0.0623 e. The summed E-state index contributed by atoms with van der Waals surface area (Å²) in [6.07, 6.45) is 2.70. The van der Waals surface area contributed by atoms with Gasteiger partial charge in [-0.05, 0) is 17.0 Å². The molecule has 0 spiro atoms. The fraction of sp³-hybridized carbons (Fsp3) is 0.600. The Bertz CT molecular complexity index is 68.5. The maximum absolute atomic E-state index is 8.26. The highest BCUT2D eigenvalue weighted by atomic mass is 79.9. The molecule has 0 amide bonds. The van der Waals surface area contributed by atoms with E-state index in [0.29, 0.717) is 0 Å². The first kappa shape index (κ1) is 7.18. The summed E-state index contributed by atoms with van der Waals surface area (Å²) in [4.78, 5) is 0. The van der Waals surface area contributed by atoms with E-state index in [4.69, 9.17) is 5.11 Å². The minimum absolute atomic E-state index is 0.133. The molecule has 0 saturated heterocycles. The summed E-state index contributed by atoms with van der Waals surface area (Å²) in [6.45, 7) is 2.16. The van der Waals surface area contributed by atoms with Crippen molar-refractivity contribution in [2.45, 2.75) is 13.3 Å². The molecule has 0 aromatic carbocycles. The molecule has 0 saturated carbocycles. The molecule has 0 unspecified atom stereocenters. The van der Waals surface area contributed by atoms with Gasteiger partial charge in [0.1, 0.15) is 0 Å². The quantitative estimate of drug-likeness (QED) is 0.659. The van der Waals surface area contributed by atoms with Crippen LogP contribution in [0.5, 0.6) is 0 Å². The molecule has 0 heterocycles. The summed E-state index contributed by atoms with van der Waals surface area (Å²) in [5.74, 6) is 0. The molecule has 0 rings (SSSR count). The average molecular weight is 165 g/mol. The predicted octanol–water partition coefficient (Wildman–Crippen LogP) is 1.67. The van der Waals surface area contributed by atoms with Gasteiger partial charge in [0.15, 0.2) is 0 Å². The summed E-state index contributed by atoms with van der Waals surface area (Å²) < 4.78 is 1.06. The monoisotopic (exact) mass is 164 g/mol. The second kappa shape index (κ2) is 4.34. The first-order valence-electron chi connectivity index (χ1n) is 2.26. The molecule has 0 aromatic rings. The van der Waals surface area contributed by atoms with Gasteiger partial charge in [-0.3, -0.25) is 0 Å². The molecule has 0 aliphatic heterocycles. The number of allylic oxidation sites excluding steroid dienone is 1. The lowest BCUT2D eigenvalue weighted by atomic mass is 10.4. The third-order valence-corrected chi connectivity index (χ3v) is 1.54. The Morgan fingerprint density at radius 2 is 2.43 bits per heavy atom. The molecule has 1 N–H and O–H groups in total. The minimum atomic E-state index is 0.133. The van der Waals surface area contributed by atoms with Gasteiger partial charge in [0.2, 0.25) is 0 Å². The molecule has 0 aromatic heterocycles. The van der Waals surface area contributed by atoms with Crippen LogP contribution in [0.4, 0.5) is 0 Å². The van der Waals surface area contributed by atoms with Crippen LogP contribution >= 0.6 is 15.9 Å². The average Bonchev–Trinajstić information content (AvgIpc) is 1.68. The van der Waals surface area contributed by atoms with E-state index in [9.17, 15) is 0 Å². The van der Waals surface area contributed by atoms with E-state index in [-0.39, 0.29) is 6.61 Å². The van der Waals surface area contributed by atoms with Gasteiger partial charge in [-0.2, -0.15) is 0 Å². The van der Waals surface area contributed by atoms with Crippen LogP contribution in [0.1, 0.15) is 13.3 Å². The van der Waals surface area contributed by atoms with Crippen molar-refractivity contribution in [3.63, 3.8) is 0 Å². The lowest BCUT2D eigenvalue weighted by Crippen LogP contribution is -1.73. The van der Waals surface area contributed by atoms with Crippen LogP contribution in [-0.2, 0) is 0 Å². The number of hydrogen-bond acceptors (Lipinski definition) is 1. The maximum Gasteiger partial charge on any atom is 0.0623 e. The third-order valence-electron chi connectivity index (χ3n) is 0.651. The molecule has 0 fully saturated rings. The normalized spacial score (nSPS) is 12.1. The number of aliphatic hydroxyl groups is 1. The van der Waals surface area contributed by atoms with Gasteiger partial charge in [0.05, 0.1) is 6.61 Å². The molecule has 0 atom stereocenters. The van der Waals surface area contributed by atoms with Crippen LogP contribution in [-0.4, -0.2) is 11.7 Å². The Labute approximate surface area is 52.2 Å². The summed E-state index contributed by atoms with van der Waals surface area (Å²) in [6, 6.07) is 0. The van der Waals surface area contributed by atoms with Crippen LogP contribution in [0.25, 0.3) is 0 Å². The highest BCUT2D eigenvalue weighted by molar-refractivity contribution is 9.11. The van der Waals surface area contributed by atoms with Crippen LogP contribution < -0.4 is 0 Å². The molecule has 2 heteroatoms. The first-order chi connectivity index (χ1) is 3.31. The van der Waals surface area contributed by atoms with Crippen molar-refractivity contribution >= 4 is 15.9 Å². The number of halogens is 1. The van der Waals surface area contributed by atoms with E-state index in [2.05, 4.69) is 15.9 Å². The largest absolute Gasteiger partial charge is 0.392 e. The minimum Gasteiger partial charge on any atom is -0.392 e. The zero-order chi connectivity index (χ0) is 5.70. The molecule has 0 bridgehead atoms. The topological polar surface area (TPSA) is 20.2 Å². The zero-order valence-corrected chi connectivity index (χ0v) is 5.90. The fourth-order valence-corrected chi connectivity index (χ4v) is 0.388.